The number of aromatic nitrogens is 4. The number of fused-ring (bicyclic) bond motifs is 2. The van der Waals surface area contributed by atoms with E-state index in [1.807, 2.05) is 17.5 Å². The highest BCUT2D eigenvalue weighted by Gasteiger charge is 2.28. The number of halogens is 3. The maximum atomic E-state index is 15.9. The standard InChI is InChI=1S/C33H30F3N5O3S/c1-4-28(43)40-7-5-26-20(15-40)9-19(13-37-26)32-30(29-25(36)10-22(35)11-27(29)44-18(2)3)33-24(6-8-45-33)31(39-32)21-14-38-41(16-21)23(12-34)17-42/h4,6,8-11,13-14,16,18,23,42H,1,5,7,12,15,17H2,2-3H3. The lowest BCUT2D eigenvalue weighted by molar-refractivity contribution is -0.126. The van der Waals surface area contributed by atoms with Crippen molar-refractivity contribution in [2.75, 3.05) is 19.8 Å². The van der Waals surface area contributed by atoms with E-state index in [4.69, 9.17) is 14.7 Å². The van der Waals surface area contributed by atoms with Crippen molar-refractivity contribution >= 4 is 27.3 Å². The molecule has 232 valence electrons. The zero-order valence-electron chi connectivity index (χ0n) is 24.6. The van der Waals surface area contributed by atoms with Crippen LogP contribution < -0.4 is 4.74 Å². The van der Waals surface area contributed by atoms with Crippen LogP contribution in [0.25, 0.3) is 43.7 Å². The average Bonchev–Trinajstić information content (AvgIpc) is 3.71. The molecule has 1 amide bonds. The van der Waals surface area contributed by atoms with Crippen LogP contribution in [-0.2, 0) is 17.8 Å². The molecule has 0 radical (unpaired) electrons. The Balaban J connectivity index is 1.63. The Bertz CT molecular complexity index is 1920. The van der Waals surface area contributed by atoms with Crippen molar-refractivity contribution < 1.29 is 27.8 Å². The molecule has 1 unspecified atom stereocenters. The van der Waals surface area contributed by atoms with Crippen molar-refractivity contribution in [3.05, 3.63) is 83.8 Å². The number of ether oxygens (including phenoxy) is 1. The topological polar surface area (TPSA) is 93.4 Å². The second kappa shape index (κ2) is 12.4. The second-order valence-electron chi connectivity index (χ2n) is 11.0. The molecule has 5 heterocycles. The van der Waals surface area contributed by atoms with Crippen molar-refractivity contribution in [1.82, 2.24) is 24.6 Å². The number of thiophene rings is 1. The molecular weight excluding hydrogens is 603 g/mol. The van der Waals surface area contributed by atoms with Gasteiger partial charge in [0, 0.05) is 76.5 Å². The summed E-state index contributed by atoms with van der Waals surface area (Å²) in [4.78, 5) is 23.9. The molecule has 8 nitrogen and oxygen atoms in total. The van der Waals surface area contributed by atoms with Gasteiger partial charge in [0.05, 0.1) is 35.9 Å². The molecule has 0 bridgehead atoms. The van der Waals surface area contributed by atoms with Crippen LogP contribution in [0.1, 0.15) is 31.1 Å². The Hall–Kier alpha value is -4.55. The number of hydrogen-bond donors (Lipinski definition) is 1. The number of amides is 1. The molecule has 5 aromatic rings. The number of benzene rings is 1. The molecule has 0 saturated carbocycles. The first-order valence-electron chi connectivity index (χ1n) is 14.4. The third-order valence-electron chi connectivity index (χ3n) is 7.68. The molecule has 1 aromatic carbocycles. The summed E-state index contributed by atoms with van der Waals surface area (Å²) in [6, 6.07) is 4.86. The normalized spacial score (nSPS) is 13.7. The summed E-state index contributed by atoms with van der Waals surface area (Å²) < 4.78 is 52.0. The average molecular weight is 634 g/mol. The predicted molar refractivity (Wildman–Crippen MR) is 167 cm³/mol. The Morgan fingerprint density at radius 1 is 1.18 bits per heavy atom. The van der Waals surface area contributed by atoms with Crippen molar-refractivity contribution in [3.63, 3.8) is 0 Å². The fourth-order valence-electron chi connectivity index (χ4n) is 5.56. The molecule has 6 rings (SSSR count). The highest BCUT2D eigenvalue weighted by Crippen LogP contribution is 2.47. The van der Waals surface area contributed by atoms with Crippen LogP contribution in [-0.4, -0.2) is 61.6 Å². The summed E-state index contributed by atoms with van der Waals surface area (Å²) in [7, 11) is 0. The van der Waals surface area contributed by atoms with Gasteiger partial charge in [0.1, 0.15) is 30.1 Å². The summed E-state index contributed by atoms with van der Waals surface area (Å²) in [6.45, 7) is 6.73. The number of carbonyl (C=O) groups is 1. The summed E-state index contributed by atoms with van der Waals surface area (Å²) in [6.07, 6.45) is 6.27. The number of nitrogens with zero attached hydrogens (tertiary/aromatic N) is 5. The smallest absolute Gasteiger partial charge is 0.246 e. The molecule has 45 heavy (non-hydrogen) atoms. The second-order valence-corrected chi connectivity index (χ2v) is 11.9. The maximum absolute atomic E-state index is 15.9. The lowest BCUT2D eigenvalue weighted by Gasteiger charge is -2.27. The van der Waals surface area contributed by atoms with E-state index in [2.05, 4.69) is 11.7 Å². The van der Waals surface area contributed by atoms with E-state index in [-0.39, 0.29) is 23.3 Å². The van der Waals surface area contributed by atoms with Crippen LogP contribution in [0, 0.1) is 11.6 Å². The highest BCUT2D eigenvalue weighted by atomic mass is 32.1. The lowest BCUT2D eigenvalue weighted by Crippen LogP contribution is -2.35. The quantitative estimate of drug-likeness (QED) is 0.186. The number of pyridine rings is 2. The van der Waals surface area contributed by atoms with Gasteiger partial charge in [-0.1, -0.05) is 6.58 Å². The number of carbonyl (C=O) groups excluding carboxylic acids is 1. The molecule has 0 fully saturated rings. The molecule has 1 N–H and O–H groups in total. The molecule has 0 spiro atoms. The number of alkyl halides is 1. The fraction of sp³-hybridized carbons (Fsp3) is 0.273. The number of hydrogen-bond acceptors (Lipinski definition) is 7. The van der Waals surface area contributed by atoms with Gasteiger partial charge in [0.2, 0.25) is 5.91 Å². The summed E-state index contributed by atoms with van der Waals surface area (Å²) in [5.41, 5.74) is 4.08. The highest BCUT2D eigenvalue weighted by molar-refractivity contribution is 7.18. The SMILES string of the molecule is C=CC(=O)N1CCc2ncc(-c3nc(-c4cnn(C(CO)CF)c4)c4ccsc4c3-c3c(F)cc(F)cc3OC(C)C)cc2C1. The van der Waals surface area contributed by atoms with Gasteiger partial charge in [0.15, 0.2) is 0 Å². The van der Waals surface area contributed by atoms with E-state index in [9.17, 15) is 18.7 Å². The molecule has 12 heteroatoms. The largest absolute Gasteiger partial charge is 0.490 e. The lowest BCUT2D eigenvalue weighted by atomic mass is 9.94. The number of rotatable bonds is 9. The summed E-state index contributed by atoms with van der Waals surface area (Å²) in [5.74, 6) is -1.75. The van der Waals surface area contributed by atoms with Gasteiger partial charge < -0.3 is 14.7 Å². The van der Waals surface area contributed by atoms with Crippen molar-refractivity contribution in [2.45, 2.75) is 39.0 Å². The van der Waals surface area contributed by atoms with Gasteiger partial charge in [-0.15, -0.1) is 11.3 Å². The van der Waals surface area contributed by atoms with E-state index in [0.29, 0.717) is 57.7 Å². The minimum absolute atomic E-state index is 0.0308. The van der Waals surface area contributed by atoms with Gasteiger partial charge in [-0.05, 0) is 43.0 Å². The molecular formula is C33H30F3N5O3S. The van der Waals surface area contributed by atoms with Crippen molar-refractivity contribution in [1.29, 1.82) is 0 Å². The van der Waals surface area contributed by atoms with E-state index in [1.54, 1.807) is 31.1 Å². The van der Waals surface area contributed by atoms with Gasteiger partial charge in [0.25, 0.3) is 0 Å². The Labute approximate surface area is 261 Å². The van der Waals surface area contributed by atoms with Gasteiger partial charge in [-0.25, -0.2) is 18.2 Å². The third-order valence-corrected chi connectivity index (χ3v) is 8.61. The van der Waals surface area contributed by atoms with E-state index in [1.165, 1.54) is 28.3 Å². The molecule has 1 aliphatic heterocycles. The fourth-order valence-corrected chi connectivity index (χ4v) is 6.51. The van der Waals surface area contributed by atoms with E-state index < -0.39 is 31.0 Å². The van der Waals surface area contributed by atoms with Gasteiger partial charge in [-0.3, -0.25) is 14.5 Å². The zero-order chi connectivity index (χ0) is 31.8. The van der Waals surface area contributed by atoms with Gasteiger partial charge >= 0.3 is 0 Å². The van der Waals surface area contributed by atoms with Crippen molar-refractivity contribution in [2.24, 2.45) is 0 Å². The third kappa shape index (κ3) is 5.71. The minimum atomic E-state index is -0.856. The Morgan fingerprint density at radius 3 is 2.73 bits per heavy atom. The molecule has 0 aliphatic carbocycles. The van der Waals surface area contributed by atoms with E-state index >= 15 is 4.39 Å². The van der Waals surface area contributed by atoms with Crippen molar-refractivity contribution in [3.8, 4) is 39.4 Å². The van der Waals surface area contributed by atoms with Crippen LogP contribution >= 0.6 is 11.3 Å². The van der Waals surface area contributed by atoms with Crippen LogP contribution in [0.2, 0.25) is 0 Å². The minimum Gasteiger partial charge on any atom is -0.490 e. The summed E-state index contributed by atoms with van der Waals surface area (Å²) >= 11 is 1.36. The Kier molecular flexibility index (Phi) is 8.43. The molecule has 0 saturated heterocycles. The number of aliphatic hydroxyl groups excluding tert-OH is 1. The first-order valence-corrected chi connectivity index (χ1v) is 15.3. The summed E-state index contributed by atoms with van der Waals surface area (Å²) in [5, 5.41) is 16.4. The van der Waals surface area contributed by atoms with Crippen LogP contribution in [0.5, 0.6) is 5.75 Å². The van der Waals surface area contributed by atoms with Crippen LogP contribution in [0.3, 0.4) is 0 Å². The van der Waals surface area contributed by atoms with Crippen LogP contribution in [0.15, 0.2) is 60.9 Å². The zero-order valence-corrected chi connectivity index (χ0v) is 25.5. The van der Waals surface area contributed by atoms with Crippen LogP contribution in [0.4, 0.5) is 13.2 Å². The molecule has 4 aromatic heterocycles. The maximum Gasteiger partial charge on any atom is 0.246 e. The molecule has 1 aliphatic rings. The van der Waals surface area contributed by atoms with E-state index in [0.717, 1.165) is 23.4 Å². The predicted octanol–water partition coefficient (Wildman–Crippen LogP) is 6.53. The monoisotopic (exact) mass is 633 g/mol. The number of aliphatic hydroxyl groups is 1. The Morgan fingerprint density at radius 2 is 2.00 bits per heavy atom. The molecule has 1 atom stereocenters. The first kappa shape index (κ1) is 30.5. The first-order chi connectivity index (χ1) is 21.7. The van der Waals surface area contributed by atoms with Gasteiger partial charge in [-0.2, -0.15) is 5.10 Å².